The van der Waals surface area contributed by atoms with Crippen LogP contribution in [0, 0.1) is 6.92 Å². The number of methoxy groups -OCH3 is 2. The zero-order valence-electron chi connectivity index (χ0n) is 26.8. The summed E-state index contributed by atoms with van der Waals surface area (Å²) in [4.78, 5) is 0. The normalized spacial score (nSPS) is 20.3. The van der Waals surface area contributed by atoms with Crippen LogP contribution in [0.4, 0.5) is 0 Å². The van der Waals surface area contributed by atoms with Gasteiger partial charge in [-0.15, -0.1) is 0 Å². The minimum Gasteiger partial charge on any atom is -0.493 e. The standard InChI is InChI=1S/C21H28O4/c1-16-7-6-10-19(13-16)25-15-18(22)9-5-4-8-17-11-12-20(23-2)21(14-17)24-3/h6-7,10-14,18,22H,4-5,8-9,15H2,1-3H3/i2D3,3D3,6D,7D,10D,11D,12D,13D,14D. The molecule has 0 aliphatic carbocycles. The van der Waals surface area contributed by atoms with Crippen molar-refractivity contribution in [3.63, 3.8) is 0 Å². The molecule has 0 heterocycles. The van der Waals surface area contributed by atoms with Gasteiger partial charge in [0.15, 0.2) is 11.5 Å². The molecule has 0 aromatic heterocycles. The highest BCUT2D eigenvalue weighted by Gasteiger charge is 2.07. The molecule has 0 saturated carbocycles. The summed E-state index contributed by atoms with van der Waals surface area (Å²) >= 11 is 0. The van der Waals surface area contributed by atoms with E-state index in [1.165, 1.54) is 6.92 Å². The van der Waals surface area contributed by atoms with Crippen LogP contribution in [-0.2, 0) is 6.42 Å². The van der Waals surface area contributed by atoms with E-state index < -0.39 is 55.8 Å². The van der Waals surface area contributed by atoms with Crippen LogP contribution >= 0.6 is 0 Å². The first-order valence-corrected chi connectivity index (χ1v) is 7.74. The molecule has 0 amide bonds. The third-order valence-electron chi connectivity index (χ3n) is 3.36. The van der Waals surface area contributed by atoms with E-state index in [2.05, 4.69) is 4.74 Å². The Hall–Kier alpha value is -2.20. The highest BCUT2D eigenvalue weighted by molar-refractivity contribution is 5.42. The maximum Gasteiger partial charge on any atom is 0.160 e. The molecule has 25 heavy (non-hydrogen) atoms. The highest BCUT2D eigenvalue weighted by atomic mass is 16.5. The van der Waals surface area contributed by atoms with Gasteiger partial charge in [-0.25, -0.2) is 0 Å². The van der Waals surface area contributed by atoms with Gasteiger partial charge in [0.2, 0.25) is 0 Å². The number of aliphatic hydroxyl groups is 1. The minimum absolute atomic E-state index is 0.0165. The second kappa shape index (κ2) is 9.94. The smallest absolute Gasteiger partial charge is 0.160 e. The molecule has 2 aromatic carbocycles. The lowest BCUT2D eigenvalue weighted by Gasteiger charge is -2.13. The van der Waals surface area contributed by atoms with E-state index in [0.29, 0.717) is 6.42 Å². The van der Waals surface area contributed by atoms with E-state index in [1.54, 1.807) is 0 Å². The molecule has 0 aliphatic rings. The summed E-state index contributed by atoms with van der Waals surface area (Å²) in [6, 6.07) is -3.09. The molecule has 136 valence electrons. The fourth-order valence-electron chi connectivity index (χ4n) is 2.11. The fraction of sp³-hybridized carbons (Fsp3) is 0.429. The van der Waals surface area contributed by atoms with Gasteiger partial charge in [-0.05, 0) is 61.5 Å². The van der Waals surface area contributed by atoms with Gasteiger partial charge in [-0.3, -0.25) is 0 Å². The Morgan fingerprint density at radius 3 is 2.76 bits per heavy atom. The summed E-state index contributed by atoms with van der Waals surface area (Å²) in [5.74, 6) is -1.81. The molecular formula is C21H28O4. The monoisotopic (exact) mass is 357 g/mol. The van der Waals surface area contributed by atoms with E-state index in [1.807, 2.05) is 0 Å². The topological polar surface area (TPSA) is 47.9 Å². The van der Waals surface area contributed by atoms with E-state index in [0.717, 1.165) is 0 Å². The van der Waals surface area contributed by atoms with Crippen LogP contribution in [0.3, 0.4) is 0 Å². The molecule has 4 nitrogen and oxygen atoms in total. The Morgan fingerprint density at radius 2 is 1.92 bits per heavy atom. The van der Waals surface area contributed by atoms with Gasteiger partial charge in [0.05, 0.1) is 38.0 Å². The lowest BCUT2D eigenvalue weighted by molar-refractivity contribution is 0.0976. The van der Waals surface area contributed by atoms with Crippen molar-refractivity contribution in [3.05, 3.63) is 53.4 Å². The highest BCUT2D eigenvalue weighted by Crippen LogP contribution is 2.28. The molecule has 0 spiro atoms. The van der Waals surface area contributed by atoms with Crippen LogP contribution in [0.5, 0.6) is 17.2 Å². The first-order valence-electron chi connectivity index (χ1n) is 14.2. The largest absolute Gasteiger partial charge is 0.493 e. The van der Waals surface area contributed by atoms with E-state index >= 15 is 0 Å². The van der Waals surface area contributed by atoms with Crippen molar-refractivity contribution in [1.29, 1.82) is 0 Å². The Morgan fingerprint density at radius 1 is 1.08 bits per heavy atom. The van der Waals surface area contributed by atoms with Gasteiger partial charge in [0.1, 0.15) is 12.4 Å². The number of benzene rings is 2. The van der Waals surface area contributed by atoms with Crippen molar-refractivity contribution in [2.75, 3.05) is 20.7 Å². The number of hydrogen-bond acceptors (Lipinski definition) is 4. The summed E-state index contributed by atoms with van der Waals surface area (Å²) in [7, 11) is -6.15. The summed E-state index contributed by atoms with van der Waals surface area (Å²) in [5, 5.41) is 10.3. The summed E-state index contributed by atoms with van der Waals surface area (Å²) in [6.45, 7) is 1.18. The summed E-state index contributed by atoms with van der Waals surface area (Å²) in [5.41, 5.74) is 0.128. The van der Waals surface area contributed by atoms with Crippen LogP contribution in [0.25, 0.3) is 0 Å². The molecular weight excluding hydrogens is 316 g/mol. The number of unbranched alkanes of at least 4 members (excludes halogenated alkanes) is 1. The lowest BCUT2D eigenvalue weighted by atomic mass is 10.0. The second-order valence-corrected chi connectivity index (χ2v) is 5.38. The van der Waals surface area contributed by atoms with Crippen LogP contribution in [0.15, 0.2) is 42.3 Å². The van der Waals surface area contributed by atoms with Crippen molar-refractivity contribution < 1.29 is 37.1 Å². The molecule has 2 aromatic rings. The van der Waals surface area contributed by atoms with Gasteiger partial charge in [-0.2, -0.15) is 0 Å². The van der Waals surface area contributed by atoms with E-state index in [9.17, 15) is 5.11 Å². The quantitative estimate of drug-likeness (QED) is 0.649. The molecule has 0 radical (unpaired) electrons. The first-order chi connectivity index (χ1) is 17.4. The molecule has 1 atom stereocenters. The maximum absolute atomic E-state index is 10.3. The molecule has 1 unspecified atom stereocenters. The third kappa shape index (κ3) is 6.31. The van der Waals surface area contributed by atoms with Gasteiger partial charge >= 0.3 is 0 Å². The Labute approximate surface area is 168 Å². The van der Waals surface area contributed by atoms with Gasteiger partial charge in [0, 0.05) is 0 Å². The minimum atomic E-state index is -3.08. The van der Waals surface area contributed by atoms with Crippen molar-refractivity contribution in [3.8, 4) is 17.2 Å². The van der Waals surface area contributed by atoms with Crippen LogP contribution in [0.1, 0.15) is 48.2 Å². The molecule has 0 aliphatic heterocycles. The Bertz CT molecular complexity index is 1130. The Kier molecular flexibility index (Phi) is 3.18. The number of aliphatic hydroxyl groups excluding tert-OH is 1. The molecule has 0 saturated heterocycles. The predicted octanol–water partition coefficient (Wildman–Crippen LogP) is 4.16. The predicted molar refractivity (Wildman–Crippen MR) is 99.8 cm³/mol. The van der Waals surface area contributed by atoms with Crippen LogP contribution in [0.2, 0.25) is 0 Å². The van der Waals surface area contributed by atoms with E-state index in [-0.39, 0.29) is 60.9 Å². The van der Waals surface area contributed by atoms with Crippen LogP contribution in [-0.4, -0.2) is 31.9 Å². The lowest BCUT2D eigenvalue weighted by Crippen LogP contribution is -2.17. The fourth-order valence-corrected chi connectivity index (χ4v) is 2.11. The molecule has 0 bridgehead atoms. The zero-order valence-corrected chi connectivity index (χ0v) is 13.8. The van der Waals surface area contributed by atoms with Crippen LogP contribution < -0.4 is 14.2 Å². The molecule has 0 fully saturated rings. The number of rotatable bonds is 10. The van der Waals surface area contributed by atoms with E-state index in [4.69, 9.17) is 27.3 Å². The van der Waals surface area contributed by atoms with Crippen molar-refractivity contribution in [2.24, 2.45) is 0 Å². The number of hydrogen-bond donors (Lipinski definition) is 1. The average molecular weight is 358 g/mol. The maximum atomic E-state index is 10.3. The van der Waals surface area contributed by atoms with Gasteiger partial charge in [0.25, 0.3) is 0 Å². The SMILES string of the molecule is [2H]c1c([2H])c(C)c([2H])c(OCC(O)CCCCc2c([2H])c([2H])c(OC([2H])([2H])[2H])c(OC([2H])([2H])[2H])c2[2H])c1[2H]. The van der Waals surface area contributed by atoms with Crippen molar-refractivity contribution >= 4 is 0 Å². The second-order valence-electron chi connectivity index (χ2n) is 5.38. The molecule has 4 heteroatoms. The molecule has 1 N–H and O–H groups in total. The Balaban J connectivity index is 2.10. The summed E-state index contributed by atoms with van der Waals surface area (Å²) < 4.78 is 115. The zero-order chi connectivity index (χ0) is 29.2. The van der Waals surface area contributed by atoms with Gasteiger partial charge < -0.3 is 19.3 Å². The molecule has 2 rings (SSSR count). The summed E-state index contributed by atoms with van der Waals surface area (Å²) in [6.07, 6.45) is -0.200. The number of ether oxygens (including phenoxy) is 3. The van der Waals surface area contributed by atoms with Gasteiger partial charge in [-0.1, -0.05) is 24.5 Å². The van der Waals surface area contributed by atoms with Crippen molar-refractivity contribution in [1.82, 2.24) is 0 Å². The van der Waals surface area contributed by atoms with Crippen molar-refractivity contribution in [2.45, 2.75) is 38.7 Å². The average Bonchev–Trinajstić information content (AvgIpc) is 2.80. The first kappa shape index (κ1) is 8.00. The third-order valence-corrected chi connectivity index (χ3v) is 3.36.